The van der Waals surface area contributed by atoms with E-state index in [9.17, 15) is 9.18 Å². The van der Waals surface area contributed by atoms with E-state index in [1.165, 1.54) is 12.1 Å². The van der Waals surface area contributed by atoms with E-state index in [0.29, 0.717) is 17.9 Å². The van der Waals surface area contributed by atoms with Gasteiger partial charge in [-0.25, -0.2) is 14.4 Å². The van der Waals surface area contributed by atoms with Gasteiger partial charge in [0, 0.05) is 42.5 Å². The lowest BCUT2D eigenvalue weighted by Crippen LogP contribution is -2.26. The molecule has 5 nitrogen and oxygen atoms in total. The number of carbonyl (C=O) groups is 1. The van der Waals surface area contributed by atoms with E-state index in [0.717, 1.165) is 23.0 Å². The van der Waals surface area contributed by atoms with Crippen molar-refractivity contribution in [3.8, 4) is 0 Å². The van der Waals surface area contributed by atoms with Crippen LogP contribution in [-0.2, 0) is 13.0 Å². The monoisotopic (exact) mass is 312 g/mol. The van der Waals surface area contributed by atoms with Gasteiger partial charge in [0.15, 0.2) is 0 Å². The molecule has 23 heavy (non-hydrogen) atoms. The van der Waals surface area contributed by atoms with Gasteiger partial charge in [0.25, 0.3) is 5.91 Å². The summed E-state index contributed by atoms with van der Waals surface area (Å²) in [7, 11) is 1.71. The molecule has 1 aromatic carbocycles. The Balaban J connectivity index is 1.76. The minimum Gasteiger partial charge on any atom is -0.357 e. The second-order valence-corrected chi connectivity index (χ2v) is 5.43. The number of benzene rings is 1. The van der Waals surface area contributed by atoms with E-state index >= 15 is 0 Å². The average molecular weight is 312 g/mol. The SMILES string of the molecule is CCc1ncc(C(=O)N(C)Cc2cc3cc(F)ccc3[nH]2)cn1. The maximum Gasteiger partial charge on any atom is 0.257 e. The Morgan fingerprint density at radius 2 is 2.00 bits per heavy atom. The number of nitrogens with zero attached hydrogens (tertiary/aromatic N) is 3. The molecule has 0 bridgehead atoms. The third-order valence-corrected chi connectivity index (χ3v) is 3.66. The number of halogens is 1. The summed E-state index contributed by atoms with van der Waals surface area (Å²) in [5.41, 5.74) is 2.14. The van der Waals surface area contributed by atoms with Crippen molar-refractivity contribution in [3.05, 3.63) is 59.6 Å². The maximum atomic E-state index is 13.2. The molecule has 1 amide bonds. The summed E-state index contributed by atoms with van der Waals surface area (Å²) >= 11 is 0. The quantitative estimate of drug-likeness (QED) is 0.805. The molecular formula is C17H17FN4O. The predicted molar refractivity (Wildman–Crippen MR) is 85.5 cm³/mol. The number of hydrogen-bond acceptors (Lipinski definition) is 3. The first-order valence-electron chi connectivity index (χ1n) is 7.40. The summed E-state index contributed by atoms with van der Waals surface area (Å²) in [6.07, 6.45) is 3.83. The van der Waals surface area contributed by atoms with E-state index in [1.54, 1.807) is 30.4 Å². The highest BCUT2D eigenvalue weighted by Gasteiger charge is 2.14. The number of nitrogens with one attached hydrogen (secondary N) is 1. The van der Waals surface area contributed by atoms with Gasteiger partial charge in [-0.15, -0.1) is 0 Å². The zero-order valence-electron chi connectivity index (χ0n) is 13.0. The van der Waals surface area contributed by atoms with Crippen LogP contribution in [0.1, 0.15) is 28.8 Å². The van der Waals surface area contributed by atoms with Crippen LogP contribution in [-0.4, -0.2) is 32.8 Å². The average Bonchev–Trinajstić information content (AvgIpc) is 2.95. The summed E-state index contributed by atoms with van der Waals surface area (Å²) in [5.74, 6) is 0.278. The third-order valence-electron chi connectivity index (χ3n) is 3.66. The van der Waals surface area contributed by atoms with Crippen LogP contribution >= 0.6 is 0 Å². The first-order valence-corrected chi connectivity index (χ1v) is 7.40. The van der Waals surface area contributed by atoms with Crippen molar-refractivity contribution >= 4 is 16.8 Å². The number of aromatic amines is 1. The lowest BCUT2D eigenvalue weighted by atomic mass is 10.2. The van der Waals surface area contributed by atoms with Crippen molar-refractivity contribution in [1.82, 2.24) is 19.9 Å². The minimum absolute atomic E-state index is 0.155. The molecule has 0 spiro atoms. The standard InChI is InChI=1S/C17H17FN4O/c1-3-16-19-8-12(9-20-16)17(23)22(2)10-14-7-11-6-13(18)4-5-15(11)21-14/h4-9,21H,3,10H2,1-2H3. The number of H-pyrrole nitrogens is 1. The number of carbonyl (C=O) groups excluding carboxylic acids is 1. The molecule has 3 aromatic rings. The molecule has 0 aliphatic carbocycles. The fourth-order valence-corrected chi connectivity index (χ4v) is 2.44. The zero-order chi connectivity index (χ0) is 16.4. The summed E-state index contributed by atoms with van der Waals surface area (Å²) in [6.45, 7) is 2.35. The smallest absolute Gasteiger partial charge is 0.257 e. The fraction of sp³-hybridized carbons (Fsp3) is 0.235. The molecule has 0 saturated carbocycles. The largest absolute Gasteiger partial charge is 0.357 e. The molecule has 0 aliphatic heterocycles. The number of aromatic nitrogens is 3. The topological polar surface area (TPSA) is 61.9 Å². The van der Waals surface area contributed by atoms with E-state index in [-0.39, 0.29) is 11.7 Å². The Labute approximate surface area is 133 Å². The van der Waals surface area contributed by atoms with E-state index in [2.05, 4.69) is 15.0 Å². The highest BCUT2D eigenvalue weighted by Crippen LogP contribution is 2.18. The molecule has 2 heterocycles. The van der Waals surface area contributed by atoms with Crippen molar-refractivity contribution in [1.29, 1.82) is 0 Å². The van der Waals surface area contributed by atoms with Gasteiger partial charge in [-0.3, -0.25) is 4.79 Å². The number of amides is 1. The summed E-state index contributed by atoms with van der Waals surface area (Å²) in [4.78, 5) is 25.4. The molecular weight excluding hydrogens is 295 g/mol. The molecule has 0 aliphatic rings. The van der Waals surface area contributed by atoms with Crippen LogP contribution in [0.2, 0.25) is 0 Å². The number of rotatable bonds is 4. The maximum absolute atomic E-state index is 13.2. The normalized spacial score (nSPS) is 10.9. The van der Waals surface area contributed by atoms with Crippen molar-refractivity contribution < 1.29 is 9.18 Å². The summed E-state index contributed by atoms with van der Waals surface area (Å²) < 4.78 is 13.2. The molecule has 0 atom stereocenters. The van der Waals surface area contributed by atoms with Gasteiger partial charge in [-0.1, -0.05) is 6.92 Å². The van der Waals surface area contributed by atoms with Crippen molar-refractivity contribution in [2.45, 2.75) is 19.9 Å². The predicted octanol–water partition coefficient (Wildman–Crippen LogP) is 2.93. The molecule has 6 heteroatoms. The molecule has 0 saturated heterocycles. The number of aryl methyl sites for hydroxylation is 1. The van der Waals surface area contributed by atoms with Crippen LogP contribution in [0.4, 0.5) is 4.39 Å². The molecule has 0 radical (unpaired) electrons. The van der Waals surface area contributed by atoms with E-state index in [4.69, 9.17) is 0 Å². The Morgan fingerprint density at radius 1 is 1.26 bits per heavy atom. The zero-order valence-corrected chi connectivity index (χ0v) is 13.0. The molecule has 118 valence electrons. The molecule has 2 aromatic heterocycles. The lowest BCUT2D eigenvalue weighted by molar-refractivity contribution is 0.0782. The van der Waals surface area contributed by atoms with Crippen LogP contribution in [0.5, 0.6) is 0 Å². The van der Waals surface area contributed by atoms with E-state index < -0.39 is 0 Å². The second-order valence-electron chi connectivity index (χ2n) is 5.43. The Bertz CT molecular complexity index is 841. The molecule has 1 N–H and O–H groups in total. The van der Waals surface area contributed by atoms with Gasteiger partial charge in [-0.05, 0) is 24.3 Å². The van der Waals surface area contributed by atoms with Crippen molar-refractivity contribution in [3.63, 3.8) is 0 Å². The van der Waals surface area contributed by atoms with Crippen LogP contribution in [0.25, 0.3) is 10.9 Å². The Morgan fingerprint density at radius 3 is 2.70 bits per heavy atom. The second kappa shape index (κ2) is 6.16. The van der Waals surface area contributed by atoms with Crippen LogP contribution in [0, 0.1) is 5.82 Å². The van der Waals surface area contributed by atoms with Crippen molar-refractivity contribution in [2.75, 3.05) is 7.05 Å². The van der Waals surface area contributed by atoms with Gasteiger partial charge in [0.1, 0.15) is 11.6 Å². The first kappa shape index (κ1) is 15.1. The van der Waals surface area contributed by atoms with Gasteiger partial charge >= 0.3 is 0 Å². The van der Waals surface area contributed by atoms with Crippen molar-refractivity contribution in [2.24, 2.45) is 0 Å². The number of hydrogen-bond donors (Lipinski definition) is 1. The van der Waals surface area contributed by atoms with Gasteiger partial charge < -0.3 is 9.88 Å². The fourth-order valence-electron chi connectivity index (χ4n) is 2.44. The molecule has 0 fully saturated rings. The Kier molecular flexibility index (Phi) is 4.06. The van der Waals surface area contributed by atoms with Gasteiger partial charge in [0.05, 0.1) is 12.1 Å². The van der Waals surface area contributed by atoms with Gasteiger partial charge in [-0.2, -0.15) is 0 Å². The molecule has 3 rings (SSSR count). The first-order chi connectivity index (χ1) is 11.1. The lowest BCUT2D eigenvalue weighted by Gasteiger charge is -2.16. The van der Waals surface area contributed by atoms with E-state index in [1.807, 2.05) is 13.0 Å². The minimum atomic E-state index is -0.277. The Hall–Kier alpha value is -2.76. The van der Waals surface area contributed by atoms with Crippen LogP contribution in [0.3, 0.4) is 0 Å². The highest BCUT2D eigenvalue weighted by atomic mass is 19.1. The number of fused-ring (bicyclic) bond motifs is 1. The highest BCUT2D eigenvalue weighted by molar-refractivity contribution is 5.93. The van der Waals surface area contributed by atoms with Crippen LogP contribution in [0.15, 0.2) is 36.7 Å². The van der Waals surface area contributed by atoms with Gasteiger partial charge in [0.2, 0.25) is 0 Å². The summed E-state index contributed by atoms with van der Waals surface area (Å²) in [5, 5.41) is 0.788. The molecule has 0 unspecified atom stereocenters. The van der Waals surface area contributed by atoms with Crippen LogP contribution < -0.4 is 0 Å². The summed E-state index contributed by atoms with van der Waals surface area (Å²) in [6, 6.07) is 6.41. The third kappa shape index (κ3) is 3.21.